The van der Waals surface area contributed by atoms with E-state index in [0.29, 0.717) is 28.6 Å². The fraction of sp³-hybridized carbons (Fsp3) is 0.0800. The monoisotopic (exact) mass is 446 g/mol. The van der Waals surface area contributed by atoms with Gasteiger partial charge in [-0.3, -0.25) is 14.9 Å². The summed E-state index contributed by atoms with van der Waals surface area (Å²) in [5.74, 6) is -1.70. The van der Waals surface area contributed by atoms with Crippen LogP contribution in [0.3, 0.4) is 0 Å². The molecule has 1 N–H and O–H groups in total. The summed E-state index contributed by atoms with van der Waals surface area (Å²) < 4.78 is 25.4. The van der Waals surface area contributed by atoms with Crippen LogP contribution in [0.15, 0.2) is 78.4 Å². The number of methoxy groups -OCH3 is 1. The summed E-state index contributed by atoms with van der Waals surface area (Å²) in [7, 11) is 1.47. The molecule has 1 saturated heterocycles. The topological polar surface area (TPSA) is 84.9 Å². The van der Waals surface area contributed by atoms with Crippen molar-refractivity contribution in [1.29, 1.82) is 0 Å². The van der Waals surface area contributed by atoms with Crippen LogP contribution in [0.1, 0.15) is 11.1 Å². The summed E-state index contributed by atoms with van der Waals surface area (Å²) in [6.45, 7) is 0.332. The van der Waals surface area contributed by atoms with Gasteiger partial charge in [-0.25, -0.2) is 14.1 Å². The number of carbonyl (C=O) groups is 3. The van der Waals surface area contributed by atoms with E-state index in [1.165, 1.54) is 31.4 Å². The lowest BCUT2D eigenvalue weighted by atomic mass is 10.1. The molecule has 8 heteroatoms. The molecule has 166 valence electrons. The highest BCUT2D eigenvalue weighted by Gasteiger charge is 2.37. The van der Waals surface area contributed by atoms with E-state index in [1.807, 2.05) is 30.3 Å². The number of carbonyl (C=O) groups excluding carboxylic acids is 3. The number of hydrogen-bond acceptors (Lipinski definition) is 5. The lowest BCUT2D eigenvalue weighted by Gasteiger charge is -2.26. The first-order valence-electron chi connectivity index (χ1n) is 9.98. The Labute approximate surface area is 189 Å². The number of nitrogens with one attached hydrogen (secondary N) is 1. The second-order valence-electron chi connectivity index (χ2n) is 7.09. The zero-order chi connectivity index (χ0) is 23.4. The lowest BCUT2D eigenvalue weighted by Crippen LogP contribution is -2.54. The predicted molar refractivity (Wildman–Crippen MR) is 119 cm³/mol. The summed E-state index contributed by atoms with van der Waals surface area (Å²) >= 11 is 0. The number of imide groups is 2. The molecular weight excluding hydrogens is 427 g/mol. The minimum Gasteiger partial charge on any atom is -0.493 e. The Morgan fingerprint density at radius 1 is 0.939 bits per heavy atom. The van der Waals surface area contributed by atoms with E-state index < -0.39 is 23.7 Å². The molecule has 0 atom stereocenters. The fourth-order valence-electron chi connectivity index (χ4n) is 3.30. The number of benzene rings is 3. The average Bonchev–Trinajstić information content (AvgIpc) is 2.82. The molecule has 0 bridgehead atoms. The first-order valence-corrected chi connectivity index (χ1v) is 9.98. The molecule has 7 nitrogen and oxygen atoms in total. The lowest BCUT2D eigenvalue weighted by molar-refractivity contribution is -0.122. The van der Waals surface area contributed by atoms with Crippen LogP contribution < -0.4 is 19.7 Å². The summed E-state index contributed by atoms with van der Waals surface area (Å²) in [6.07, 6.45) is 1.31. The van der Waals surface area contributed by atoms with Crippen molar-refractivity contribution in [2.75, 3.05) is 12.0 Å². The van der Waals surface area contributed by atoms with Gasteiger partial charge >= 0.3 is 6.03 Å². The van der Waals surface area contributed by atoms with Crippen molar-refractivity contribution in [3.8, 4) is 11.5 Å². The SMILES string of the molecule is COc1cc(C=C2C(=O)NC(=O)N(c3ccccc3F)C2=O)ccc1OCc1ccccc1. The third-order valence-corrected chi connectivity index (χ3v) is 4.93. The number of ether oxygens (including phenoxy) is 2. The molecule has 0 aliphatic carbocycles. The van der Waals surface area contributed by atoms with Gasteiger partial charge in [-0.2, -0.15) is 0 Å². The zero-order valence-corrected chi connectivity index (χ0v) is 17.6. The van der Waals surface area contributed by atoms with E-state index in [-0.39, 0.29) is 11.3 Å². The van der Waals surface area contributed by atoms with Crippen LogP contribution in [-0.4, -0.2) is 25.0 Å². The van der Waals surface area contributed by atoms with Crippen molar-refractivity contribution < 1.29 is 28.2 Å². The highest BCUT2D eigenvalue weighted by Crippen LogP contribution is 2.31. The number of amides is 4. The third kappa shape index (κ3) is 4.59. The number of anilines is 1. The van der Waals surface area contributed by atoms with Gasteiger partial charge in [0.2, 0.25) is 0 Å². The maximum absolute atomic E-state index is 14.2. The molecule has 0 unspecified atom stereocenters. The van der Waals surface area contributed by atoms with Gasteiger partial charge in [0.25, 0.3) is 11.8 Å². The van der Waals surface area contributed by atoms with Gasteiger partial charge in [0.15, 0.2) is 11.5 Å². The highest BCUT2D eigenvalue weighted by atomic mass is 19.1. The van der Waals surface area contributed by atoms with Gasteiger partial charge in [0.1, 0.15) is 18.0 Å². The Balaban J connectivity index is 1.61. The molecule has 0 radical (unpaired) electrons. The van der Waals surface area contributed by atoms with E-state index >= 15 is 0 Å². The van der Waals surface area contributed by atoms with Crippen molar-refractivity contribution in [3.05, 3.63) is 95.3 Å². The number of hydrogen-bond donors (Lipinski definition) is 1. The fourth-order valence-corrected chi connectivity index (χ4v) is 3.30. The molecule has 1 aliphatic heterocycles. The first kappa shape index (κ1) is 21.8. The van der Waals surface area contributed by atoms with Crippen LogP contribution >= 0.6 is 0 Å². The van der Waals surface area contributed by atoms with Crippen molar-refractivity contribution >= 4 is 29.6 Å². The van der Waals surface area contributed by atoms with Gasteiger partial charge in [-0.1, -0.05) is 48.5 Å². The summed E-state index contributed by atoms with van der Waals surface area (Å²) in [6, 6.07) is 18.8. The molecule has 4 amide bonds. The van der Waals surface area contributed by atoms with Gasteiger partial charge in [0, 0.05) is 0 Å². The largest absolute Gasteiger partial charge is 0.493 e. The van der Waals surface area contributed by atoms with Crippen molar-refractivity contribution in [2.45, 2.75) is 6.61 Å². The Hall–Kier alpha value is -4.46. The van der Waals surface area contributed by atoms with E-state index in [1.54, 1.807) is 18.2 Å². The van der Waals surface area contributed by atoms with Crippen LogP contribution in [0.25, 0.3) is 6.08 Å². The summed E-state index contributed by atoms with van der Waals surface area (Å²) in [5, 5.41) is 2.07. The third-order valence-electron chi connectivity index (χ3n) is 4.93. The van der Waals surface area contributed by atoms with E-state index in [2.05, 4.69) is 5.32 Å². The second kappa shape index (κ2) is 9.35. The first-order chi connectivity index (χ1) is 16.0. The van der Waals surface area contributed by atoms with Gasteiger partial charge in [0.05, 0.1) is 12.8 Å². The summed E-state index contributed by atoms with van der Waals surface area (Å²) in [4.78, 5) is 38.1. The van der Waals surface area contributed by atoms with E-state index in [4.69, 9.17) is 9.47 Å². The average molecular weight is 446 g/mol. The van der Waals surface area contributed by atoms with Crippen molar-refractivity contribution in [1.82, 2.24) is 5.32 Å². The molecule has 1 fully saturated rings. The minimum absolute atomic E-state index is 0.249. The number of para-hydroxylation sites is 1. The molecule has 33 heavy (non-hydrogen) atoms. The number of halogens is 1. The molecule has 1 heterocycles. The van der Waals surface area contributed by atoms with E-state index in [0.717, 1.165) is 11.6 Å². The zero-order valence-electron chi connectivity index (χ0n) is 17.6. The molecule has 1 aliphatic rings. The smallest absolute Gasteiger partial charge is 0.336 e. The maximum atomic E-state index is 14.2. The molecule has 0 saturated carbocycles. The molecular formula is C25H19FN2O5. The number of urea groups is 1. The maximum Gasteiger partial charge on any atom is 0.336 e. The number of nitrogens with zero attached hydrogens (tertiary/aromatic N) is 1. The van der Waals surface area contributed by atoms with Gasteiger partial charge < -0.3 is 9.47 Å². The van der Waals surface area contributed by atoms with Gasteiger partial charge in [-0.15, -0.1) is 0 Å². The van der Waals surface area contributed by atoms with Gasteiger partial charge in [-0.05, 0) is 41.5 Å². The quantitative estimate of drug-likeness (QED) is 0.456. The second-order valence-corrected chi connectivity index (χ2v) is 7.09. The standard InChI is InChI=1S/C25H19FN2O5/c1-32-22-14-17(11-12-21(22)33-15-16-7-3-2-4-8-16)13-18-23(29)27-25(31)28(24(18)30)20-10-6-5-9-19(20)26/h2-14H,15H2,1H3,(H,27,29,31). The number of rotatable bonds is 6. The van der Waals surface area contributed by atoms with Crippen molar-refractivity contribution in [2.24, 2.45) is 0 Å². The molecule has 4 rings (SSSR count). The van der Waals surface area contributed by atoms with Crippen LogP contribution in [0, 0.1) is 5.82 Å². The predicted octanol–water partition coefficient (Wildman–Crippen LogP) is 4.08. The van der Waals surface area contributed by atoms with Crippen molar-refractivity contribution in [3.63, 3.8) is 0 Å². The highest BCUT2D eigenvalue weighted by molar-refractivity contribution is 6.39. The molecule has 3 aromatic carbocycles. The Bertz CT molecular complexity index is 1260. The van der Waals surface area contributed by atoms with Crippen LogP contribution in [-0.2, 0) is 16.2 Å². The Kier molecular flexibility index (Phi) is 6.17. The Morgan fingerprint density at radius 3 is 2.39 bits per heavy atom. The van der Waals surface area contributed by atoms with Crippen LogP contribution in [0.5, 0.6) is 11.5 Å². The van der Waals surface area contributed by atoms with Crippen LogP contribution in [0.2, 0.25) is 0 Å². The van der Waals surface area contributed by atoms with E-state index in [9.17, 15) is 18.8 Å². The summed E-state index contributed by atoms with van der Waals surface area (Å²) in [5.41, 5.74) is 0.867. The molecule has 3 aromatic rings. The number of barbiturate groups is 1. The normalized spacial score (nSPS) is 14.9. The molecule has 0 spiro atoms. The van der Waals surface area contributed by atoms with Crippen LogP contribution in [0.4, 0.5) is 14.9 Å². The molecule has 0 aromatic heterocycles. The minimum atomic E-state index is -1.02. The Morgan fingerprint density at radius 2 is 1.67 bits per heavy atom.